The van der Waals surface area contributed by atoms with E-state index in [4.69, 9.17) is 4.74 Å². The van der Waals surface area contributed by atoms with Gasteiger partial charge in [0.05, 0.1) is 12.2 Å². The molecule has 0 aromatic heterocycles. The van der Waals surface area contributed by atoms with Crippen LogP contribution in [-0.2, 0) is 16.1 Å². The minimum absolute atomic E-state index is 0.0342. The molecule has 6 heteroatoms. The van der Waals surface area contributed by atoms with Gasteiger partial charge in [0.2, 0.25) is 5.91 Å². The molecule has 5 nitrogen and oxygen atoms in total. The monoisotopic (exact) mass is 370 g/mol. The second-order valence-corrected chi connectivity index (χ2v) is 6.58. The van der Waals surface area contributed by atoms with Crippen molar-refractivity contribution in [3.8, 4) is 5.75 Å². The summed E-state index contributed by atoms with van der Waals surface area (Å²) in [5, 5.41) is 2.92. The van der Waals surface area contributed by atoms with Crippen LogP contribution in [-0.4, -0.2) is 18.4 Å². The molecule has 1 N–H and O–H groups in total. The van der Waals surface area contributed by atoms with Crippen LogP contribution in [0.1, 0.15) is 32.3 Å². The second-order valence-electron chi connectivity index (χ2n) is 6.58. The zero-order chi connectivity index (χ0) is 19.4. The summed E-state index contributed by atoms with van der Waals surface area (Å²) in [7, 11) is 0. The number of halogens is 1. The van der Waals surface area contributed by atoms with Gasteiger partial charge in [0.15, 0.2) is 6.61 Å². The largest absolute Gasteiger partial charge is 0.482 e. The van der Waals surface area contributed by atoms with Gasteiger partial charge in [-0.1, -0.05) is 26.0 Å². The van der Waals surface area contributed by atoms with E-state index in [2.05, 4.69) is 5.32 Å². The Labute approximate surface area is 158 Å². The van der Waals surface area contributed by atoms with Crippen LogP contribution in [0.15, 0.2) is 42.5 Å². The number of carbonyl (C=O) groups is 2. The first-order chi connectivity index (χ1) is 13.0. The molecule has 1 aliphatic rings. The maximum atomic E-state index is 13.1. The van der Waals surface area contributed by atoms with E-state index in [1.807, 2.05) is 13.8 Å². The number of hydrogen-bond acceptors (Lipinski definition) is 3. The SMILES string of the molecule is CCC(CC)C(=O)Nc1ccc2c(c1)N(Cc1ccc(F)cc1)C(=O)CO2. The second kappa shape index (κ2) is 8.20. The Morgan fingerprint density at radius 2 is 1.89 bits per heavy atom. The van der Waals surface area contributed by atoms with Crippen LogP contribution < -0.4 is 15.0 Å². The normalized spacial score (nSPS) is 13.3. The molecule has 0 bridgehead atoms. The van der Waals surface area contributed by atoms with Gasteiger partial charge in [-0.2, -0.15) is 0 Å². The van der Waals surface area contributed by atoms with E-state index in [0.717, 1.165) is 18.4 Å². The number of anilines is 2. The molecule has 142 valence electrons. The molecule has 0 saturated carbocycles. The molecule has 1 heterocycles. The van der Waals surface area contributed by atoms with E-state index in [9.17, 15) is 14.0 Å². The molecule has 0 spiro atoms. The predicted molar refractivity (Wildman–Crippen MR) is 102 cm³/mol. The van der Waals surface area contributed by atoms with E-state index in [1.54, 1.807) is 35.2 Å². The van der Waals surface area contributed by atoms with E-state index in [0.29, 0.717) is 23.7 Å². The van der Waals surface area contributed by atoms with E-state index in [-0.39, 0.29) is 30.2 Å². The highest BCUT2D eigenvalue weighted by Crippen LogP contribution is 2.35. The van der Waals surface area contributed by atoms with Crippen molar-refractivity contribution in [1.82, 2.24) is 0 Å². The first kappa shape index (κ1) is 18.9. The van der Waals surface area contributed by atoms with Crippen molar-refractivity contribution in [2.45, 2.75) is 33.2 Å². The van der Waals surface area contributed by atoms with Gasteiger partial charge < -0.3 is 15.0 Å². The van der Waals surface area contributed by atoms with Crippen molar-refractivity contribution in [1.29, 1.82) is 0 Å². The molecule has 0 radical (unpaired) electrons. The van der Waals surface area contributed by atoms with Crippen LogP contribution in [0.2, 0.25) is 0 Å². The summed E-state index contributed by atoms with van der Waals surface area (Å²) in [6.45, 7) is 4.22. The molecule has 2 aromatic carbocycles. The average molecular weight is 370 g/mol. The zero-order valence-corrected chi connectivity index (χ0v) is 15.5. The summed E-state index contributed by atoms with van der Waals surface area (Å²) in [4.78, 5) is 26.4. The van der Waals surface area contributed by atoms with Gasteiger partial charge in [0.25, 0.3) is 5.91 Å². The van der Waals surface area contributed by atoms with E-state index in [1.165, 1.54) is 12.1 Å². The lowest BCUT2D eigenvalue weighted by Crippen LogP contribution is -2.38. The summed E-state index contributed by atoms with van der Waals surface area (Å²) in [5.74, 6) is -0.00582. The number of nitrogens with one attached hydrogen (secondary N) is 1. The minimum atomic E-state index is -0.321. The van der Waals surface area contributed by atoms with Crippen molar-refractivity contribution < 1.29 is 18.7 Å². The highest BCUT2D eigenvalue weighted by molar-refractivity contribution is 5.99. The first-order valence-corrected chi connectivity index (χ1v) is 9.14. The van der Waals surface area contributed by atoms with Crippen LogP contribution in [0.25, 0.3) is 0 Å². The minimum Gasteiger partial charge on any atom is -0.482 e. The standard InChI is InChI=1S/C21H23FN2O3/c1-3-15(4-2)21(26)23-17-9-10-19-18(11-17)24(20(25)13-27-19)12-14-5-7-16(22)8-6-14/h5-11,15H,3-4,12-13H2,1-2H3,(H,23,26). The fourth-order valence-corrected chi connectivity index (χ4v) is 3.13. The van der Waals surface area contributed by atoms with E-state index < -0.39 is 0 Å². The van der Waals surface area contributed by atoms with Gasteiger partial charge in [0.1, 0.15) is 11.6 Å². The Bertz CT molecular complexity index is 832. The maximum absolute atomic E-state index is 13.1. The Balaban J connectivity index is 1.85. The summed E-state index contributed by atoms with van der Waals surface area (Å²) in [6, 6.07) is 11.3. The Morgan fingerprint density at radius 3 is 2.56 bits per heavy atom. The number of nitrogens with zero attached hydrogens (tertiary/aromatic N) is 1. The van der Waals surface area contributed by atoms with Gasteiger partial charge in [-0.3, -0.25) is 9.59 Å². The van der Waals surface area contributed by atoms with Crippen LogP contribution in [0, 0.1) is 11.7 Å². The molecule has 0 atom stereocenters. The third-order valence-electron chi connectivity index (χ3n) is 4.78. The summed E-state index contributed by atoms with van der Waals surface area (Å²) in [5.41, 5.74) is 2.02. The molecule has 0 fully saturated rings. The quantitative estimate of drug-likeness (QED) is 0.832. The lowest BCUT2D eigenvalue weighted by molar-refractivity contribution is -0.121. The summed E-state index contributed by atoms with van der Waals surface area (Å²) in [6.07, 6.45) is 1.54. The zero-order valence-electron chi connectivity index (χ0n) is 15.5. The van der Waals surface area contributed by atoms with Gasteiger partial charge in [0, 0.05) is 11.6 Å². The first-order valence-electron chi connectivity index (χ1n) is 9.14. The van der Waals surface area contributed by atoms with Crippen molar-refractivity contribution in [2.75, 3.05) is 16.8 Å². The van der Waals surface area contributed by atoms with Gasteiger partial charge in [-0.25, -0.2) is 4.39 Å². The van der Waals surface area contributed by atoms with Crippen molar-refractivity contribution in [3.63, 3.8) is 0 Å². The molecule has 0 saturated heterocycles. The number of fused-ring (bicyclic) bond motifs is 1. The Kier molecular flexibility index (Phi) is 5.74. The van der Waals surface area contributed by atoms with Crippen molar-refractivity contribution in [2.24, 2.45) is 5.92 Å². The predicted octanol–water partition coefficient (Wildman–Crippen LogP) is 4.13. The lowest BCUT2D eigenvalue weighted by atomic mass is 10.0. The maximum Gasteiger partial charge on any atom is 0.265 e. The third kappa shape index (κ3) is 4.27. The number of amides is 2. The van der Waals surface area contributed by atoms with Crippen molar-refractivity contribution in [3.05, 3.63) is 53.8 Å². The van der Waals surface area contributed by atoms with Crippen LogP contribution in [0.4, 0.5) is 15.8 Å². The number of carbonyl (C=O) groups excluding carboxylic acids is 2. The molecule has 0 aliphatic carbocycles. The highest BCUT2D eigenvalue weighted by Gasteiger charge is 2.26. The molecule has 3 rings (SSSR count). The smallest absolute Gasteiger partial charge is 0.265 e. The van der Waals surface area contributed by atoms with Crippen LogP contribution >= 0.6 is 0 Å². The van der Waals surface area contributed by atoms with Crippen LogP contribution in [0.3, 0.4) is 0 Å². The fraction of sp³-hybridized carbons (Fsp3) is 0.333. The molecule has 0 unspecified atom stereocenters. The molecular formula is C21H23FN2O3. The Morgan fingerprint density at radius 1 is 1.19 bits per heavy atom. The van der Waals surface area contributed by atoms with Gasteiger partial charge >= 0.3 is 0 Å². The summed E-state index contributed by atoms with van der Waals surface area (Å²) >= 11 is 0. The fourth-order valence-electron chi connectivity index (χ4n) is 3.13. The average Bonchev–Trinajstić information content (AvgIpc) is 2.67. The number of ether oxygens (including phenoxy) is 1. The topological polar surface area (TPSA) is 58.6 Å². The number of benzene rings is 2. The van der Waals surface area contributed by atoms with E-state index >= 15 is 0 Å². The number of hydrogen-bond donors (Lipinski definition) is 1. The van der Waals surface area contributed by atoms with Crippen LogP contribution in [0.5, 0.6) is 5.75 Å². The number of rotatable bonds is 6. The molecule has 2 aromatic rings. The summed E-state index contributed by atoms with van der Waals surface area (Å²) < 4.78 is 18.6. The highest BCUT2D eigenvalue weighted by atomic mass is 19.1. The Hall–Kier alpha value is -2.89. The molecular weight excluding hydrogens is 347 g/mol. The molecule has 1 aliphatic heterocycles. The van der Waals surface area contributed by atoms with Crippen molar-refractivity contribution >= 4 is 23.2 Å². The molecule has 27 heavy (non-hydrogen) atoms. The van der Waals surface area contributed by atoms with Gasteiger partial charge in [-0.15, -0.1) is 0 Å². The van der Waals surface area contributed by atoms with Gasteiger partial charge in [-0.05, 0) is 48.7 Å². The molecule has 2 amide bonds. The third-order valence-corrected chi connectivity index (χ3v) is 4.78. The lowest BCUT2D eigenvalue weighted by Gasteiger charge is -2.30.